The summed E-state index contributed by atoms with van der Waals surface area (Å²) in [6.07, 6.45) is 29.2. The fourth-order valence-corrected chi connectivity index (χ4v) is 8.04. The van der Waals surface area contributed by atoms with E-state index in [2.05, 4.69) is 34.9 Å². The molecule has 2 N–H and O–H groups in total. The Morgan fingerprint density at radius 2 is 0.971 bits per heavy atom. The van der Waals surface area contributed by atoms with Gasteiger partial charge in [-0.1, -0.05) is 50.0 Å². The van der Waals surface area contributed by atoms with Gasteiger partial charge in [-0.05, 0) is 76.0 Å². The van der Waals surface area contributed by atoms with Crippen molar-refractivity contribution in [1.29, 1.82) is 0 Å². The van der Waals surface area contributed by atoms with Gasteiger partial charge in [0.2, 0.25) is 0 Å². The van der Waals surface area contributed by atoms with Gasteiger partial charge in [-0.2, -0.15) is 0 Å². The third kappa shape index (κ3) is 5.99. The molecule has 0 aromatic carbocycles. The second kappa shape index (κ2) is 12.0. The highest BCUT2D eigenvalue weighted by Gasteiger charge is 2.37. The molecule has 0 aromatic heterocycles. The van der Waals surface area contributed by atoms with Gasteiger partial charge in [-0.3, -0.25) is 0 Å². The molecule has 5 rings (SSSR count). The number of fused-ring (bicyclic) bond motifs is 2. The molecule has 192 valence electrons. The van der Waals surface area contributed by atoms with Gasteiger partial charge in [-0.25, -0.2) is 0 Å². The highest BCUT2D eigenvalue weighted by atomic mass is 16.5. The first-order valence-electron chi connectivity index (χ1n) is 14.7. The van der Waals surface area contributed by atoms with E-state index in [1.807, 2.05) is 14.2 Å². The summed E-state index contributed by atoms with van der Waals surface area (Å²) in [7, 11) is 3.80. The molecule has 3 saturated carbocycles. The molecule has 10 atom stereocenters. The minimum absolute atomic E-state index is 0.283. The largest absolute Gasteiger partial charge is 0.381 e. The van der Waals surface area contributed by atoms with Gasteiger partial charge < -0.3 is 20.1 Å². The van der Waals surface area contributed by atoms with Crippen LogP contribution in [0.2, 0.25) is 0 Å². The van der Waals surface area contributed by atoms with Crippen molar-refractivity contribution in [3.63, 3.8) is 0 Å². The topological polar surface area (TPSA) is 42.5 Å². The molecule has 10 unspecified atom stereocenters. The SMILES string of the molecule is COC1CC(/C=C/C2CCC3CCCCC3N2)C(OC)CC1/C=C/C1CCC2CCCCC2N1. The standard InChI is InChI=1S/C30H50N2O2/c1-33-29-19-24(14-18-26-16-12-22-8-4-6-10-28(22)32-26)30(34-2)20-23(29)13-17-25-15-11-21-7-3-5-9-27(21)31-25/h13-14,17-18,21-32H,3-12,15-16,19-20H2,1-2H3/b17-13+,18-14+. The van der Waals surface area contributed by atoms with Crippen LogP contribution in [-0.2, 0) is 9.47 Å². The molecular formula is C30H50N2O2. The van der Waals surface area contributed by atoms with E-state index in [4.69, 9.17) is 9.47 Å². The maximum Gasteiger partial charge on any atom is 0.0641 e. The van der Waals surface area contributed by atoms with E-state index >= 15 is 0 Å². The molecule has 2 saturated heterocycles. The summed E-state index contributed by atoms with van der Waals surface area (Å²) >= 11 is 0. The molecule has 0 spiro atoms. The van der Waals surface area contributed by atoms with E-state index in [0.717, 1.165) is 36.8 Å². The van der Waals surface area contributed by atoms with Crippen molar-refractivity contribution in [1.82, 2.24) is 10.6 Å². The van der Waals surface area contributed by atoms with E-state index in [1.54, 1.807) is 0 Å². The summed E-state index contributed by atoms with van der Waals surface area (Å²) in [6.45, 7) is 0. The molecule has 3 aliphatic carbocycles. The average Bonchev–Trinajstić information content (AvgIpc) is 2.90. The lowest BCUT2D eigenvalue weighted by Crippen LogP contribution is -2.48. The van der Waals surface area contributed by atoms with Crippen molar-refractivity contribution in [2.45, 2.75) is 126 Å². The molecule has 4 heteroatoms. The summed E-state index contributed by atoms with van der Waals surface area (Å²) in [5.74, 6) is 2.74. The second-order valence-corrected chi connectivity index (χ2v) is 12.1. The zero-order chi connectivity index (χ0) is 23.3. The van der Waals surface area contributed by atoms with Gasteiger partial charge in [0.1, 0.15) is 0 Å². The Morgan fingerprint density at radius 1 is 0.529 bits per heavy atom. The highest BCUT2D eigenvalue weighted by Crippen LogP contribution is 2.37. The molecule has 0 radical (unpaired) electrons. The van der Waals surface area contributed by atoms with Gasteiger partial charge in [-0.15, -0.1) is 0 Å². The minimum Gasteiger partial charge on any atom is -0.381 e. The zero-order valence-corrected chi connectivity index (χ0v) is 21.8. The average molecular weight is 471 g/mol. The molecule has 2 aliphatic heterocycles. The Labute approximate surface area is 208 Å². The number of rotatable bonds is 6. The van der Waals surface area contributed by atoms with E-state index < -0.39 is 0 Å². The number of hydrogen-bond acceptors (Lipinski definition) is 4. The second-order valence-electron chi connectivity index (χ2n) is 12.1. The van der Waals surface area contributed by atoms with Crippen LogP contribution in [0.3, 0.4) is 0 Å². The summed E-state index contributed by atoms with van der Waals surface area (Å²) in [6, 6.07) is 2.58. The zero-order valence-electron chi connectivity index (χ0n) is 21.8. The van der Waals surface area contributed by atoms with Gasteiger partial charge in [0.25, 0.3) is 0 Å². The summed E-state index contributed by atoms with van der Waals surface area (Å²) in [5.41, 5.74) is 0. The van der Waals surface area contributed by atoms with Crippen LogP contribution in [-0.4, -0.2) is 50.6 Å². The van der Waals surface area contributed by atoms with Crippen LogP contribution >= 0.6 is 0 Å². The Bertz CT molecular complexity index is 635. The number of methoxy groups -OCH3 is 2. The van der Waals surface area contributed by atoms with Crippen LogP contribution in [0, 0.1) is 23.7 Å². The molecule has 2 heterocycles. The quantitative estimate of drug-likeness (QED) is 0.483. The summed E-state index contributed by atoms with van der Waals surface area (Å²) < 4.78 is 12.1. The first kappa shape index (κ1) is 25.0. The van der Waals surface area contributed by atoms with Crippen molar-refractivity contribution in [2.75, 3.05) is 14.2 Å². The maximum absolute atomic E-state index is 6.04. The monoisotopic (exact) mass is 470 g/mol. The van der Waals surface area contributed by atoms with Crippen LogP contribution in [0.4, 0.5) is 0 Å². The van der Waals surface area contributed by atoms with Crippen LogP contribution in [0.15, 0.2) is 24.3 Å². The Hall–Kier alpha value is -0.680. The lowest BCUT2D eigenvalue weighted by atomic mass is 9.75. The number of piperidine rings is 2. The van der Waals surface area contributed by atoms with Crippen molar-refractivity contribution in [3.8, 4) is 0 Å². The summed E-state index contributed by atoms with van der Waals surface area (Å²) in [5, 5.41) is 7.92. The number of ether oxygens (including phenoxy) is 2. The van der Waals surface area contributed by atoms with E-state index in [-0.39, 0.29) is 12.2 Å². The molecule has 0 aromatic rings. The fourth-order valence-electron chi connectivity index (χ4n) is 8.04. The van der Waals surface area contributed by atoms with E-state index in [9.17, 15) is 0 Å². The molecule has 0 amide bonds. The van der Waals surface area contributed by atoms with E-state index in [0.29, 0.717) is 23.9 Å². The van der Waals surface area contributed by atoms with Crippen molar-refractivity contribution in [2.24, 2.45) is 23.7 Å². The minimum atomic E-state index is 0.283. The van der Waals surface area contributed by atoms with Crippen LogP contribution in [0.5, 0.6) is 0 Å². The van der Waals surface area contributed by atoms with Crippen molar-refractivity contribution >= 4 is 0 Å². The predicted octanol–water partition coefficient (Wildman–Crippen LogP) is 5.78. The lowest BCUT2D eigenvalue weighted by Gasteiger charge is -2.41. The van der Waals surface area contributed by atoms with Gasteiger partial charge >= 0.3 is 0 Å². The van der Waals surface area contributed by atoms with Gasteiger partial charge in [0.15, 0.2) is 0 Å². The van der Waals surface area contributed by atoms with Gasteiger partial charge in [0, 0.05) is 50.2 Å². The van der Waals surface area contributed by atoms with Crippen LogP contribution < -0.4 is 10.6 Å². The number of nitrogens with one attached hydrogen (secondary N) is 2. The third-order valence-corrected chi connectivity index (χ3v) is 10.1. The lowest BCUT2D eigenvalue weighted by molar-refractivity contribution is -0.0425. The van der Waals surface area contributed by atoms with Crippen molar-refractivity contribution in [3.05, 3.63) is 24.3 Å². The molecule has 5 fully saturated rings. The Balaban J connectivity index is 1.16. The third-order valence-electron chi connectivity index (χ3n) is 10.1. The van der Waals surface area contributed by atoms with Crippen LogP contribution in [0.1, 0.15) is 89.9 Å². The molecule has 34 heavy (non-hydrogen) atoms. The molecule has 5 aliphatic rings. The molecule has 0 bridgehead atoms. The van der Waals surface area contributed by atoms with Crippen molar-refractivity contribution < 1.29 is 9.47 Å². The Kier molecular flexibility index (Phi) is 8.85. The normalized spacial score (nSPS) is 45.8. The van der Waals surface area contributed by atoms with E-state index in [1.165, 1.54) is 77.0 Å². The maximum atomic E-state index is 6.04. The first-order valence-corrected chi connectivity index (χ1v) is 14.7. The summed E-state index contributed by atoms with van der Waals surface area (Å²) in [4.78, 5) is 0. The fraction of sp³-hybridized carbons (Fsp3) is 0.867. The van der Waals surface area contributed by atoms with Crippen LogP contribution in [0.25, 0.3) is 0 Å². The Morgan fingerprint density at radius 3 is 1.41 bits per heavy atom. The smallest absolute Gasteiger partial charge is 0.0641 e. The molecule has 4 nitrogen and oxygen atoms in total. The van der Waals surface area contributed by atoms with Gasteiger partial charge in [0.05, 0.1) is 12.2 Å². The predicted molar refractivity (Wildman–Crippen MR) is 140 cm³/mol. The highest BCUT2D eigenvalue weighted by molar-refractivity contribution is 5.09. The number of hydrogen-bond donors (Lipinski definition) is 2. The first-order chi connectivity index (χ1) is 16.7. The molecular weight excluding hydrogens is 420 g/mol.